The van der Waals surface area contributed by atoms with Crippen LogP contribution in [0.2, 0.25) is 0 Å². The van der Waals surface area contributed by atoms with E-state index in [4.69, 9.17) is 0 Å². The molecule has 2 aromatic rings. The lowest BCUT2D eigenvalue weighted by molar-refractivity contribution is 0.0634. The molecule has 6 nitrogen and oxygen atoms in total. The molecule has 128 valence electrons. The van der Waals surface area contributed by atoms with Crippen LogP contribution in [-0.2, 0) is 6.54 Å². The number of piperazine rings is 1. The average Bonchev–Trinajstić information content (AvgIpc) is 2.62. The van der Waals surface area contributed by atoms with Crippen molar-refractivity contribution in [3.05, 3.63) is 39.9 Å². The summed E-state index contributed by atoms with van der Waals surface area (Å²) in [6.45, 7) is 8.09. The monoisotopic (exact) mass is 332 g/mol. The molecule has 1 aromatic carbocycles. The van der Waals surface area contributed by atoms with Crippen molar-refractivity contribution < 1.29 is 9.18 Å². The van der Waals surface area contributed by atoms with E-state index in [-0.39, 0.29) is 17.0 Å². The second-order valence-electron chi connectivity index (χ2n) is 5.88. The van der Waals surface area contributed by atoms with Gasteiger partial charge in [-0.1, -0.05) is 6.92 Å². The van der Waals surface area contributed by atoms with Crippen molar-refractivity contribution in [3.63, 3.8) is 0 Å². The van der Waals surface area contributed by atoms with E-state index in [9.17, 15) is 14.0 Å². The molecule has 0 saturated carbocycles. The highest BCUT2D eigenvalue weighted by atomic mass is 19.1. The Balaban J connectivity index is 2.01. The van der Waals surface area contributed by atoms with Gasteiger partial charge in [-0.3, -0.25) is 14.3 Å². The molecule has 1 aliphatic rings. The maximum atomic E-state index is 13.6. The number of hydrogen-bond acceptors (Lipinski definition) is 4. The van der Waals surface area contributed by atoms with E-state index < -0.39 is 11.2 Å². The number of nitrogens with zero attached hydrogens (tertiary/aromatic N) is 4. The molecule has 1 fully saturated rings. The Morgan fingerprint density at radius 2 is 1.88 bits per heavy atom. The maximum Gasteiger partial charge on any atom is 0.278 e. The second-order valence-corrected chi connectivity index (χ2v) is 5.88. The first kappa shape index (κ1) is 16.6. The number of benzene rings is 1. The Morgan fingerprint density at radius 3 is 2.50 bits per heavy atom. The number of aromatic nitrogens is 2. The molecule has 0 aliphatic carbocycles. The number of hydrogen-bond donors (Lipinski definition) is 0. The molecule has 0 unspecified atom stereocenters. The zero-order chi connectivity index (χ0) is 17.3. The minimum Gasteiger partial charge on any atom is -0.335 e. The fourth-order valence-electron chi connectivity index (χ4n) is 3.06. The van der Waals surface area contributed by atoms with Crippen LogP contribution in [0.1, 0.15) is 24.3 Å². The molecule has 1 amide bonds. The van der Waals surface area contributed by atoms with Crippen molar-refractivity contribution in [2.75, 3.05) is 32.7 Å². The Kier molecular flexibility index (Phi) is 4.62. The lowest BCUT2D eigenvalue weighted by Gasteiger charge is -2.33. The minimum absolute atomic E-state index is 0.125. The minimum atomic E-state index is -0.503. The summed E-state index contributed by atoms with van der Waals surface area (Å²) in [5, 5.41) is 4.44. The lowest BCUT2D eigenvalue weighted by Crippen LogP contribution is -2.49. The van der Waals surface area contributed by atoms with Crippen LogP contribution < -0.4 is 5.43 Å². The number of rotatable bonds is 3. The predicted molar refractivity (Wildman–Crippen MR) is 89.7 cm³/mol. The number of fused-ring (bicyclic) bond motifs is 1. The largest absolute Gasteiger partial charge is 0.335 e. The summed E-state index contributed by atoms with van der Waals surface area (Å²) in [7, 11) is 0. The highest BCUT2D eigenvalue weighted by Gasteiger charge is 2.26. The van der Waals surface area contributed by atoms with Crippen molar-refractivity contribution >= 4 is 16.8 Å². The smallest absolute Gasteiger partial charge is 0.278 e. The molecule has 0 radical (unpaired) electrons. The van der Waals surface area contributed by atoms with Gasteiger partial charge in [0, 0.05) is 32.7 Å². The molecule has 1 saturated heterocycles. The number of carbonyl (C=O) groups excluding carboxylic acids is 1. The summed E-state index contributed by atoms with van der Waals surface area (Å²) in [6.07, 6.45) is 0. The third kappa shape index (κ3) is 2.91. The Hall–Kier alpha value is -2.28. The number of aryl methyl sites for hydroxylation is 1. The van der Waals surface area contributed by atoms with Gasteiger partial charge >= 0.3 is 0 Å². The van der Waals surface area contributed by atoms with Crippen molar-refractivity contribution in [1.82, 2.24) is 19.6 Å². The Morgan fingerprint density at radius 1 is 1.17 bits per heavy atom. The lowest BCUT2D eigenvalue weighted by atomic mass is 10.1. The molecule has 3 rings (SSSR count). The quantitative estimate of drug-likeness (QED) is 0.851. The van der Waals surface area contributed by atoms with E-state index in [0.717, 1.165) is 19.6 Å². The van der Waals surface area contributed by atoms with E-state index in [0.29, 0.717) is 25.2 Å². The first-order chi connectivity index (χ1) is 11.5. The van der Waals surface area contributed by atoms with Gasteiger partial charge in [0.15, 0.2) is 5.69 Å². The topological polar surface area (TPSA) is 58.4 Å². The molecule has 2 heterocycles. The average molecular weight is 332 g/mol. The van der Waals surface area contributed by atoms with Crippen molar-refractivity contribution in [1.29, 1.82) is 0 Å². The van der Waals surface area contributed by atoms with Crippen molar-refractivity contribution in [2.45, 2.75) is 20.4 Å². The van der Waals surface area contributed by atoms with Gasteiger partial charge in [-0.05, 0) is 31.7 Å². The highest BCUT2D eigenvalue weighted by Crippen LogP contribution is 2.13. The van der Waals surface area contributed by atoms with E-state index in [1.54, 1.807) is 9.58 Å². The second kappa shape index (κ2) is 6.68. The zero-order valence-corrected chi connectivity index (χ0v) is 14.0. The molecule has 1 aromatic heterocycles. The van der Waals surface area contributed by atoms with E-state index in [1.165, 1.54) is 18.2 Å². The van der Waals surface area contributed by atoms with Crippen LogP contribution in [0.25, 0.3) is 10.9 Å². The standard InChI is InChI=1S/C17H21FN4O2/c1-3-20-7-9-21(10-8-20)17(24)15-16(23)13-11-12(18)5-6-14(13)22(4-2)19-15/h5-6,11H,3-4,7-10H2,1-2H3. The van der Waals surface area contributed by atoms with Crippen molar-refractivity contribution in [3.8, 4) is 0 Å². The van der Waals surface area contributed by atoms with Crippen LogP contribution in [0, 0.1) is 5.82 Å². The molecule has 7 heteroatoms. The fourth-order valence-corrected chi connectivity index (χ4v) is 3.06. The molecular formula is C17H21FN4O2. The zero-order valence-electron chi connectivity index (χ0n) is 14.0. The van der Waals surface area contributed by atoms with E-state index in [2.05, 4.69) is 16.9 Å². The molecule has 0 N–H and O–H groups in total. The summed E-state index contributed by atoms with van der Waals surface area (Å²) in [4.78, 5) is 29.3. The molecule has 0 atom stereocenters. The van der Waals surface area contributed by atoms with Gasteiger partial charge in [0.1, 0.15) is 5.82 Å². The van der Waals surface area contributed by atoms with E-state index in [1.807, 2.05) is 6.92 Å². The summed E-state index contributed by atoms with van der Waals surface area (Å²) >= 11 is 0. The number of halogens is 1. The number of carbonyl (C=O) groups is 1. The Labute approximate surface area is 139 Å². The first-order valence-electron chi connectivity index (χ1n) is 8.27. The molecule has 1 aliphatic heterocycles. The molecule has 0 spiro atoms. The van der Waals surface area contributed by atoms with Crippen molar-refractivity contribution in [2.24, 2.45) is 0 Å². The van der Waals surface area contributed by atoms with Gasteiger partial charge in [-0.15, -0.1) is 0 Å². The summed E-state index contributed by atoms with van der Waals surface area (Å²) in [5.41, 5.74) is -0.0896. The van der Waals surface area contributed by atoms with Gasteiger partial charge < -0.3 is 9.80 Å². The van der Waals surface area contributed by atoms with Crippen LogP contribution in [0.4, 0.5) is 4.39 Å². The van der Waals surface area contributed by atoms with Gasteiger partial charge in [-0.25, -0.2) is 4.39 Å². The maximum absolute atomic E-state index is 13.6. The number of amides is 1. The SMILES string of the molecule is CCN1CCN(C(=O)c2nn(CC)c3ccc(F)cc3c2=O)CC1. The first-order valence-corrected chi connectivity index (χ1v) is 8.27. The van der Waals surface area contributed by atoms with Crippen LogP contribution >= 0.6 is 0 Å². The Bertz CT molecular complexity index is 825. The molecule has 24 heavy (non-hydrogen) atoms. The fraction of sp³-hybridized carbons (Fsp3) is 0.471. The normalized spacial score (nSPS) is 15.9. The van der Waals surface area contributed by atoms with Crippen LogP contribution in [0.15, 0.2) is 23.0 Å². The van der Waals surface area contributed by atoms with Gasteiger partial charge in [0.25, 0.3) is 5.91 Å². The third-order valence-electron chi connectivity index (χ3n) is 4.53. The van der Waals surface area contributed by atoms with Crippen LogP contribution in [0.5, 0.6) is 0 Å². The third-order valence-corrected chi connectivity index (χ3v) is 4.53. The summed E-state index contributed by atoms with van der Waals surface area (Å²) < 4.78 is 15.1. The number of likely N-dealkylation sites (N-methyl/N-ethyl adjacent to an activating group) is 1. The molecular weight excluding hydrogens is 311 g/mol. The predicted octanol–water partition coefficient (Wildman–Crippen LogP) is 1.33. The van der Waals surface area contributed by atoms with E-state index >= 15 is 0 Å². The van der Waals surface area contributed by atoms with Crippen LogP contribution in [-0.4, -0.2) is 58.2 Å². The van der Waals surface area contributed by atoms with Gasteiger partial charge in [-0.2, -0.15) is 5.10 Å². The summed E-state index contributed by atoms with van der Waals surface area (Å²) in [6, 6.07) is 4.00. The van der Waals surface area contributed by atoms with Gasteiger partial charge in [0.2, 0.25) is 5.43 Å². The highest BCUT2D eigenvalue weighted by molar-refractivity contribution is 5.95. The summed E-state index contributed by atoms with van der Waals surface area (Å²) in [5.74, 6) is -0.868. The molecule has 0 bridgehead atoms. The van der Waals surface area contributed by atoms with Gasteiger partial charge in [0.05, 0.1) is 10.9 Å². The van der Waals surface area contributed by atoms with Crippen LogP contribution in [0.3, 0.4) is 0 Å².